The van der Waals surface area contributed by atoms with E-state index in [1.54, 1.807) is 6.07 Å². The lowest BCUT2D eigenvalue weighted by atomic mass is 9.83. The number of hydrogen-bond donors (Lipinski definition) is 5. The SMILES string of the molecule is CCC(C)C(NC(=O)c1cc2ccccc2[nH]1)C(=C=O)NC(CC1CCCCC1)C(=C=O)NC(C=C=O)C[C@@H]1CCNC1=C=O. The number of fused-ring (bicyclic) bond motifs is 1. The van der Waals surface area contributed by atoms with Crippen molar-refractivity contribution in [2.75, 3.05) is 6.54 Å². The van der Waals surface area contributed by atoms with Gasteiger partial charge >= 0.3 is 0 Å². The van der Waals surface area contributed by atoms with Crippen LogP contribution in [0.2, 0.25) is 0 Å². The molecule has 1 aromatic heterocycles. The zero-order valence-corrected chi connectivity index (χ0v) is 26.0. The van der Waals surface area contributed by atoms with E-state index in [0.717, 1.165) is 43.0 Å². The van der Waals surface area contributed by atoms with Gasteiger partial charge in [0.05, 0.1) is 23.8 Å². The third-order valence-electron chi connectivity index (χ3n) is 9.25. The number of hydrogen-bond acceptors (Lipinski definition) is 8. The molecule has 0 spiro atoms. The largest absolute Gasteiger partial charge is 0.379 e. The summed E-state index contributed by atoms with van der Waals surface area (Å²) in [5, 5.41) is 13.4. The number of amides is 1. The Bertz CT molecular complexity index is 1500. The van der Waals surface area contributed by atoms with Crippen molar-refractivity contribution in [3.8, 4) is 0 Å². The lowest BCUT2D eigenvalue weighted by molar-refractivity contribution is 0.0925. The molecule has 0 bridgehead atoms. The van der Waals surface area contributed by atoms with E-state index in [1.165, 1.54) is 6.08 Å². The summed E-state index contributed by atoms with van der Waals surface area (Å²) in [5.74, 6) is 7.48. The van der Waals surface area contributed by atoms with Crippen LogP contribution in [0.25, 0.3) is 10.9 Å². The maximum absolute atomic E-state index is 13.4. The van der Waals surface area contributed by atoms with Crippen molar-refractivity contribution in [2.24, 2.45) is 17.8 Å². The number of carbonyl (C=O) groups is 1. The van der Waals surface area contributed by atoms with Crippen molar-refractivity contribution < 1.29 is 24.0 Å². The quantitative estimate of drug-likeness (QED) is 0.191. The van der Waals surface area contributed by atoms with E-state index in [0.29, 0.717) is 49.5 Å². The lowest BCUT2D eigenvalue weighted by Crippen LogP contribution is -2.49. The zero-order valence-electron chi connectivity index (χ0n) is 26.0. The van der Waals surface area contributed by atoms with Gasteiger partial charge in [-0.05, 0) is 43.2 Å². The lowest BCUT2D eigenvalue weighted by Gasteiger charge is -2.33. The number of aromatic amines is 1. The highest BCUT2D eigenvalue weighted by atomic mass is 16.2. The first-order valence-electron chi connectivity index (χ1n) is 16.0. The summed E-state index contributed by atoms with van der Waals surface area (Å²) >= 11 is 0. The van der Waals surface area contributed by atoms with Gasteiger partial charge in [0.1, 0.15) is 40.9 Å². The standard InChI is InChI=1S/C35H43N5O5/c1-3-23(2)34(40-35(45)30-19-25-11-7-8-12-28(25)38-30)33(22-44)39-29(17-24-9-5-4-6-10-24)32(21-43)37-27(14-16-41)18-26-13-15-36-31(26)20-42/h7-8,11-12,14,19,23-24,26-27,29,34,36-39H,3-6,9-10,13,15,17-18H2,1-2H3,(H,40,45)/t23?,26-,27?,29?,34?/m0/s1. The van der Waals surface area contributed by atoms with E-state index in [1.807, 2.05) is 61.9 Å². The highest BCUT2D eigenvalue weighted by Gasteiger charge is 2.31. The van der Waals surface area contributed by atoms with Gasteiger partial charge in [-0.1, -0.05) is 70.6 Å². The van der Waals surface area contributed by atoms with Gasteiger partial charge in [-0.25, -0.2) is 19.2 Å². The summed E-state index contributed by atoms with van der Waals surface area (Å²) in [6, 6.07) is 7.40. The van der Waals surface area contributed by atoms with Gasteiger partial charge < -0.3 is 26.3 Å². The minimum atomic E-state index is -0.705. The number of allylic oxidation sites excluding steroid dienone is 1. The molecule has 10 heteroatoms. The van der Waals surface area contributed by atoms with Crippen LogP contribution >= 0.6 is 0 Å². The topological polar surface area (TPSA) is 149 Å². The fourth-order valence-corrected chi connectivity index (χ4v) is 6.51. The number of rotatable bonds is 15. The third-order valence-corrected chi connectivity index (χ3v) is 9.25. The molecule has 1 aliphatic heterocycles. The number of H-pyrrole nitrogens is 1. The molecule has 10 nitrogen and oxygen atoms in total. The summed E-state index contributed by atoms with van der Waals surface area (Å²) < 4.78 is 0. The maximum atomic E-state index is 13.4. The Morgan fingerprint density at radius 2 is 1.73 bits per heavy atom. The van der Waals surface area contributed by atoms with Crippen LogP contribution in [-0.4, -0.2) is 59.3 Å². The third kappa shape index (κ3) is 8.76. The average Bonchev–Trinajstić information content (AvgIpc) is 3.71. The molecule has 5 N–H and O–H groups in total. The Balaban J connectivity index is 1.59. The number of para-hydroxylation sites is 1. The van der Waals surface area contributed by atoms with Crippen molar-refractivity contribution in [1.82, 2.24) is 26.3 Å². The highest BCUT2D eigenvalue weighted by molar-refractivity contribution is 5.98. The van der Waals surface area contributed by atoms with E-state index in [2.05, 4.69) is 26.3 Å². The molecule has 5 atom stereocenters. The molecule has 2 fully saturated rings. The first kappa shape index (κ1) is 33.3. The molecule has 1 aromatic carbocycles. The molecule has 2 aromatic rings. The minimum Gasteiger partial charge on any atom is -0.379 e. The molecule has 1 amide bonds. The van der Waals surface area contributed by atoms with Gasteiger partial charge in [0.25, 0.3) is 5.91 Å². The van der Waals surface area contributed by atoms with Crippen LogP contribution in [0.3, 0.4) is 0 Å². The molecule has 1 saturated heterocycles. The number of aromatic nitrogens is 1. The first-order chi connectivity index (χ1) is 21.9. The van der Waals surface area contributed by atoms with Gasteiger partial charge in [-0.3, -0.25) is 4.79 Å². The highest BCUT2D eigenvalue weighted by Crippen LogP contribution is 2.30. The summed E-state index contributed by atoms with van der Waals surface area (Å²) in [4.78, 5) is 64.5. The molecule has 4 unspecified atom stereocenters. The monoisotopic (exact) mass is 613 g/mol. The maximum Gasteiger partial charge on any atom is 0.268 e. The molecule has 1 saturated carbocycles. The van der Waals surface area contributed by atoms with Crippen LogP contribution < -0.4 is 21.3 Å². The predicted molar refractivity (Wildman–Crippen MR) is 173 cm³/mol. The molecule has 238 valence electrons. The molecular weight excluding hydrogens is 570 g/mol. The van der Waals surface area contributed by atoms with Crippen molar-refractivity contribution in [3.63, 3.8) is 0 Å². The van der Waals surface area contributed by atoms with Crippen LogP contribution in [0.1, 0.15) is 82.1 Å². The van der Waals surface area contributed by atoms with Crippen molar-refractivity contribution in [3.05, 3.63) is 59.2 Å². The van der Waals surface area contributed by atoms with Crippen LogP contribution in [0, 0.1) is 17.8 Å². The Morgan fingerprint density at radius 1 is 0.978 bits per heavy atom. The van der Waals surface area contributed by atoms with E-state index in [9.17, 15) is 24.0 Å². The van der Waals surface area contributed by atoms with E-state index in [4.69, 9.17) is 0 Å². The van der Waals surface area contributed by atoms with Gasteiger partial charge in [-0.2, -0.15) is 0 Å². The summed E-state index contributed by atoms with van der Waals surface area (Å²) in [6.07, 6.45) is 8.91. The predicted octanol–water partition coefficient (Wildman–Crippen LogP) is 3.73. The Labute approximate surface area is 263 Å². The molecule has 45 heavy (non-hydrogen) atoms. The Kier molecular flexibility index (Phi) is 12.2. The fraction of sp³-hybridized carbons (Fsp3) is 0.514. The molecule has 1 aliphatic carbocycles. The zero-order chi connectivity index (χ0) is 32.2. The van der Waals surface area contributed by atoms with Gasteiger partial charge in [0.2, 0.25) is 0 Å². The van der Waals surface area contributed by atoms with Crippen LogP contribution in [0.15, 0.2) is 53.5 Å². The van der Waals surface area contributed by atoms with Crippen LogP contribution in [0.5, 0.6) is 0 Å². The van der Waals surface area contributed by atoms with E-state index >= 15 is 0 Å². The molecular formula is C35H43N5O5. The van der Waals surface area contributed by atoms with Gasteiger partial charge in [0.15, 0.2) is 0 Å². The molecule has 2 aliphatic rings. The summed E-state index contributed by atoms with van der Waals surface area (Å²) in [5.41, 5.74) is 1.95. The summed E-state index contributed by atoms with van der Waals surface area (Å²) in [6.45, 7) is 4.55. The van der Waals surface area contributed by atoms with Crippen molar-refractivity contribution in [1.29, 1.82) is 0 Å². The summed E-state index contributed by atoms with van der Waals surface area (Å²) in [7, 11) is 0. The number of nitrogens with one attached hydrogen (secondary N) is 5. The van der Waals surface area contributed by atoms with Crippen molar-refractivity contribution >= 4 is 40.6 Å². The van der Waals surface area contributed by atoms with Gasteiger partial charge in [0, 0.05) is 29.4 Å². The second-order valence-electron chi connectivity index (χ2n) is 12.3. The molecule has 2 heterocycles. The first-order valence-corrected chi connectivity index (χ1v) is 16.0. The molecule has 0 radical (unpaired) electrons. The van der Waals surface area contributed by atoms with E-state index in [-0.39, 0.29) is 29.1 Å². The molecule has 4 rings (SSSR count). The minimum absolute atomic E-state index is 0.136. The normalized spacial score (nSPS) is 19.0. The van der Waals surface area contributed by atoms with Gasteiger partial charge in [-0.15, -0.1) is 0 Å². The fourth-order valence-electron chi connectivity index (χ4n) is 6.51. The Hall–Kier alpha value is -4.57. The van der Waals surface area contributed by atoms with E-state index < -0.39 is 18.1 Å². The smallest absolute Gasteiger partial charge is 0.268 e. The Morgan fingerprint density at radius 3 is 2.40 bits per heavy atom. The second kappa shape index (κ2) is 16.5. The number of carbonyl (C=O) groups excluding carboxylic acids is 5. The number of benzene rings is 1. The second-order valence-corrected chi connectivity index (χ2v) is 12.3. The average molecular weight is 614 g/mol. The van der Waals surface area contributed by atoms with Crippen molar-refractivity contribution in [2.45, 2.75) is 89.8 Å². The van der Waals surface area contributed by atoms with Crippen LogP contribution in [0.4, 0.5) is 0 Å². The van der Waals surface area contributed by atoms with Crippen LogP contribution in [-0.2, 0) is 19.2 Å².